The van der Waals surface area contributed by atoms with Crippen molar-refractivity contribution in [1.29, 1.82) is 0 Å². The van der Waals surface area contributed by atoms with Crippen molar-refractivity contribution >= 4 is 5.91 Å². The quantitative estimate of drug-likeness (QED) is 0.588. The van der Waals surface area contributed by atoms with Crippen LogP contribution in [0.4, 0.5) is 0 Å². The van der Waals surface area contributed by atoms with E-state index in [0.717, 1.165) is 6.42 Å². The number of hydrogen-bond acceptors (Lipinski definition) is 2. The Labute approximate surface area is 96.1 Å². The predicted molar refractivity (Wildman–Crippen MR) is 64.4 cm³/mol. The number of carbonyl (C=O) groups excluding carboxylic acids is 1. The normalized spacial score (nSPS) is 11.6. The Morgan fingerprint density at radius 1 is 1.50 bits per heavy atom. The van der Waals surface area contributed by atoms with Crippen LogP contribution in [0.1, 0.15) is 13.3 Å². The first-order valence-corrected chi connectivity index (χ1v) is 5.34. The molecule has 0 aliphatic rings. The largest absolute Gasteiger partial charge is 0.481 e. The second kappa shape index (κ2) is 6.67. The molecule has 3 nitrogen and oxygen atoms in total. The Morgan fingerprint density at radius 3 is 2.81 bits per heavy atom. The Morgan fingerprint density at radius 2 is 2.19 bits per heavy atom. The molecule has 0 saturated carbocycles. The van der Waals surface area contributed by atoms with Crippen molar-refractivity contribution in [3.8, 4) is 5.75 Å². The third-order valence-electron chi connectivity index (χ3n) is 2.07. The molecule has 0 aliphatic heterocycles. The van der Waals surface area contributed by atoms with E-state index in [9.17, 15) is 4.79 Å². The fraction of sp³-hybridized carbons (Fsp3) is 0.308. The first-order chi connectivity index (χ1) is 7.74. The van der Waals surface area contributed by atoms with Crippen molar-refractivity contribution in [2.45, 2.75) is 19.4 Å². The van der Waals surface area contributed by atoms with Crippen LogP contribution in [0.15, 0.2) is 43.0 Å². The molecule has 1 atom stereocenters. The van der Waals surface area contributed by atoms with Gasteiger partial charge in [0, 0.05) is 6.54 Å². The van der Waals surface area contributed by atoms with Crippen molar-refractivity contribution in [2.75, 3.05) is 6.54 Å². The second-order valence-electron chi connectivity index (χ2n) is 3.44. The van der Waals surface area contributed by atoms with Gasteiger partial charge in [0.1, 0.15) is 5.75 Å². The molecule has 16 heavy (non-hydrogen) atoms. The molecule has 1 amide bonds. The van der Waals surface area contributed by atoms with Crippen molar-refractivity contribution in [3.05, 3.63) is 43.0 Å². The number of rotatable bonds is 6. The van der Waals surface area contributed by atoms with Crippen LogP contribution in [-0.4, -0.2) is 18.6 Å². The van der Waals surface area contributed by atoms with Gasteiger partial charge in [-0.25, -0.2) is 0 Å². The van der Waals surface area contributed by atoms with Crippen molar-refractivity contribution in [3.63, 3.8) is 0 Å². The van der Waals surface area contributed by atoms with E-state index in [4.69, 9.17) is 4.74 Å². The van der Waals surface area contributed by atoms with E-state index in [1.165, 1.54) is 0 Å². The van der Waals surface area contributed by atoms with Crippen LogP contribution in [0.2, 0.25) is 0 Å². The molecule has 1 aromatic carbocycles. The maximum atomic E-state index is 11.6. The smallest absolute Gasteiger partial charge is 0.260 e. The molecule has 0 radical (unpaired) electrons. The van der Waals surface area contributed by atoms with Gasteiger partial charge < -0.3 is 10.1 Å². The van der Waals surface area contributed by atoms with Gasteiger partial charge in [0.25, 0.3) is 5.91 Å². The number of nitrogens with one attached hydrogen (secondary N) is 1. The Balaban J connectivity index is 2.37. The summed E-state index contributed by atoms with van der Waals surface area (Å²) in [5.41, 5.74) is 0. The van der Waals surface area contributed by atoms with E-state index in [0.29, 0.717) is 12.3 Å². The maximum absolute atomic E-state index is 11.6. The van der Waals surface area contributed by atoms with Gasteiger partial charge in [-0.3, -0.25) is 4.79 Å². The minimum Gasteiger partial charge on any atom is -0.481 e. The van der Waals surface area contributed by atoms with Crippen LogP contribution in [0.25, 0.3) is 0 Å². The highest BCUT2D eigenvalue weighted by molar-refractivity contribution is 5.80. The van der Waals surface area contributed by atoms with Crippen LogP contribution < -0.4 is 10.1 Å². The zero-order valence-corrected chi connectivity index (χ0v) is 9.48. The molecule has 0 fully saturated rings. The Hall–Kier alpha value is -1.77. The van der Waals surface area contributed by atoms with Gasteiger partial charge in [-0.2, -0.15) is 0 Å². The maximum Gasteiger partial charge on any atom is 0.260 e. The summed E-state index contributed by atoms with van der Waals surface area (Å²) in [6.45, 7) is 5.92. The summed E-state index contributed by atoms with van der Waals surface area (Å²) in [6, 6.07) is 9.30. The molecular formula is C13H17NO2. The summed E-state index contributed by atoms with van der Waals surface area (Å²) < 4.78 is 5.47. The van der Waals surface area contributed by atoms with E-state index in [1.54, 1.807) is 13.0 Å². The monoisotopic (exact) mass is 219 g/mol. The SMILES string of the molecule is C=CCCNC(=O)C(C)Oc1ccccc1. The van der Waals surface area contributed by atoms with Crippen molar-refractivity contribution < 1.29 is 9.53 Å². The molecule has 1 N–H and O–H groups in total. The molecule has 0 aliphatic carbocycles. The van der Waals surface area contributed by atoms with Gasteiger partial charge >= 0.3 is 0 Å². The van der Waals surface area contributed by atoms with Crippen LogP contribution in [0, 0.1) is 0 Å². The van der Waals surface area contributed by atoms with Gasteiger partial charge in [0.05, 0.1) is 0 Å². The lowest BCUT2D eigenvalue weighted by Gasteiger charge is -2.14. The summed E-state index contributed by atoms with van der Waals surface area (Å²) in [7, 11) is 0. The average Bonchev–Trinajstić information content (AvgIpc) is 2.30. The van der Waals surface area contributed by atoms with Crippen LogP contribution in [0.3, 0.4) is 0 Å². The number of carbonyl (C=O) groups is 1. The standard InChI is InChI=1S/C13H17NO2/c1-3-4-10-14-13(15)11(2)16-12-8-6-5-7-9-12/h3,5-9,11H,1,4,10H2,2H3,(H,14,15). The minimum atomic E-state index is -0.479. The molecule has 1 rings (SSSR count). The molecule has 1 unspecified atom stereocenters. The fourth-order valence-corrected chi connectivity index (χ4v) is 1.20. The molecular weight excluding hydrogens is 202 g/mol. The second-order valence-corrected chi connectivity index (χ2v) is 3.44. The number of hydrogen-bond donors (Lipinski definition) is 1. The molecule has 0 heterocycles. The highest BCUT2D eigenvalue weighted by Gasteiger charge is 2.13. The lowest BCUT2D eigenvalue weighted by atomic mass is 10.3. The number of benzene rings is 1. The molecule has 1 aromatic rings. The van der Waals surface area contributed by atoms with Gasteiger partial charge in [-0.1, -0.05) is 24.3 Å². The van der Waals surface area contributed by atoms with Gasteiger partial charge in [-0.05, 0) is 25.5 Å². The van der Waals surface area contributed by atoms with Crippen LogP contribution >= 0.6 is 0 Å². The summed E-state index contributed by atoms with van der Waals surface area (Å²) >= 11 is 0. The lowest BCUT2D eigenvalue weighted by molar-refractivity contribution is -0.127. The average molecular weight is 219 g/mol. The van der Waals surface area contributed by atoms with Crippen molar-refractivity contribution in [1.82, 2.24) is 5.32 Å². The van der Waals surface area contributed by atoms with Crippen molar-refractivity contribution in [2.24, 2.45) is 0 Å². The number of para-hydroxylation sites is 1. The Bertz CT molecular complexity index is 335. The Kier molecular flexibility index (Phi) is 5.12. The zero-order chi connectivity index (χ0) is 11.8. The van der Waals surface area contributed by atoms with E-state index in [-0.39, 0.29) is 5.91 Å². The fourth-order valence-electron chi connectivity index (χ4n) is 1.20. The van der Waals surface area contributed by atoms with E-state index in [2.05, 4.69) is 11.9 Å². The van der Waals surface area contributed by atoms with E-state index >= 15 is 0 Å². The lowest BCUT2D eigenvalue weighted by Crippen LogP contribution is -2.36. The van der Waals surface area contributed by atoms with E-state index < -0.39 is 6.10 Å². The van der Waals surface area contributed by atoms with Gasteiger partial charge in [-0.15, -0.1) is 6.58 Å². The zero-order valence-electron chi connectivity index (χ0n) is 9.48. The third kappa shape index (κ3) is 4.17. The summed E-state index contributed by atoms with van der Waals surface area (Å²) in [5, 5.41) is 2.77. The molecule has 3 heteroatoms. The third-order valence-corrected chi connectivity index (χ3v) is 2.07. The molecule has 0 spiro atoms. The molecule has 86 valence electrons. The summed E-state index contributed by atoms with van der Waals surface area (Å²) in [5.74, 6) is 0.597. The molecule has 0 bridgehead atoms. The van der Waals surface area contributed by atoms with Gasteiger partial charge in [0.15, 0.2) is 6.10 Å². The first kappa shape index (κ1) is 12.3. The number of ether oxygens (including phenoxy) is 1. The van der Waals surface area contributed by atoms with E-state index in [1.807, 2.05) is 30.3 Å². The van der Waals surface area contributed by atoms with Crippen LogP contribution in [0.5, 0.6) is 5.75 Å². The first-order valence-electron chi connectivity index (χ1n) is 5.34. The van der Waals surface area contributed by atoms with Crippen LogP contribution in [-0.2, 0) is 4.79 Å². The van der Waals surface area contributed by atoms with Gasteiger partial charge in [0.2, 0.25) is 0 Å². The minimum absolute atomic E-state index is 0.106. The highest BCUT2D eigenvalue weighted by atomic mass is 16.5. The topological polar surface area (TPSA) is 38.3 Å². The molecule has 0 aromatic heterocycles. The summed E-state index contributed by atoms with van der Waals surface area (Å²) in [6.07, 6.45) is 2.06. The number of amides is 1. The predicted octanol–water partition coefficient (Wildman–Crippen LogP) is 2.15. The summed E-state index contributed by atoms with van der Waals surface area (Å²) in [4.78, 5) is 11.6. The molecule has 0 saturated heterocycles. The highest BCUT2D eigenvalue weighted by Crippen LogP contribution is 2.10.